The molecular weight excluding hydrogens is 266 g/mol. The van der Waals surface area contributed by atoms with E-state index in [0.717, 1.165) is 25.7 Å². The molecule has 0 aliphatic carbocycles. The van der Waals surface area contributed by atoms with Crippen molar-refractivity contribution in [1.82, 2.24) is 9.80 Å². The topological polar surface area (TPSA) is 43.8 Å². The van der Waals surface area contributed by atoms with Crippen molar-refractivity contribution < 1.29 is 18.7 Å². The van der Waals surface area contributed by atoms with Crippen molar-refractivity contribution in [1.29, 1.82) is 0 Å². The van der Waals surface area contributed by atoms with Crippen LogP contribution in [0.2, 0.25) is 0 Å². The van der Waals surface area contributed by atoms with Crippen LogP contribution in [0.4, 0.5) is 8.78 Å². The Morgan fingerprint density at radius 1 is 1.45 bits per heavy atom. The van der Waals surface area contributed by atoms with Gasteiger partial charge in [-0.15, -0.1) is 0 Å². The highest BCUT2D eigenvalue weighted by molar-refractivity contribution is 5.73. The Balaban J connectivity index is 2.80. The van der Waals surface area contributed by atoms with Crippen LogP contribution in [0.15, 0.2) is 0 Å². The fourth-order valence-electron chi connectivity index (χ4n) is 2.88. The van der Waals surface area contributed by atoms with Crippen LogP contribution in [-0.2, 0) is 4.79 Å². The molecule has 1 rings (SSSR count). The highest BCUT2D eigenvalue weighted by Crippen LogP contribution is 2.22. The van der Waals surface area contributed by atoms with E-state index in [9.17, 15) is 18.7 Å². The highest BCUT2D eigenvalue weighted by Gasteiger charge is 2.33. The molecule has 6 heteroatoms. The second-order valence-corrected chi connectivity index (χ2v) is 5.68. The summed E-state index contributed by atoms with van der Waals surface area (Å²) in [6, 6.07) is -0.568. The summed E-state index contributed by atoms with van der Waals surface area (Å²) in [5.41, 5.74) is 0. The Bertz CT molecular complexity index is 303. The summed E-state index contributed by atoms with van der Waals surface area (Å²) in [4.78, 5) is 15.1. The SMILES string of the molecule is CCCCN1CN(CC(F)F)CCCC(C)C1C(=O)O. The molecule has 1 heterocycles. The first-order valence-corrected chi connectivity index (χ1v) is 7.43. The first-order valence-electron chi connectivity index (χ1n) is 7.43. The third-order valence-corrected chi connectivity index (χ3v) is 3.90. The van der Waals surface area contributed by atoms with Crippen molar-refractivity contribution in [3.05, 3.63) is 0 Å². The molecule has 118 valence electrons. The van der Waals surface area contributed by atoms with Crippen molar-refractivity contribution in [2.75, 3.05) is 26.3 Å². The fraction of sp³-hybridized carbons (Fsp3) is 0.929. The van der Waals surface area contributed by atoms with Gasteiger partial charge in [0.25, 0.3) is 6.43 Å². The molecule has 20 heavy (non-hydrogen) atoms. The van der Waals surface area contributed by atoms with Crippen LogP contribution in [0.3, 0.4) is 0 Å². The maximum absolute atomic E-state index is 12.6. The monoisotopic (exact) mass is 292 g/mol. The summed E-state index contributed by atoms with van der Waals surface area (Å²) < 4.78 is 25.2. The van der Waals surface area contributed by atoms with Gasteiger partial charge in [-0.3, -0.25) is 14.6 Å². The molecule has 1 N–H and O–H groups in total. The number of carbonyl (C=O) groups is 1. The number of hydrogen-bond acceptors (Lipinski definition) is 3. The summed E-state index contributed by atoms with van der Waals surface area (Å²) >= 11 is 0. The smallest absolute Gasteiger partial charge is 0.321 e. The summed E-state index contributed by atoms with van der Waals surface area (Å²) in [5, 5.41) is 9.46. The molecule has 1 aliphatic rings. The van der Waals surface area contributed by atoms with Gasteiger partial charge in [-0.2, -0.15) is 0 Å². The van der Waals surface area contributed by atoms with E-state index in [-0.39, 0.29) is 12.5 Å². The highest BCUT2D eigenvalue weighted by atomic mass is 19.3. The molecule has 0 aromatic rings. The van der Waals surface area contributed by atoms with E-state index >= 15 is 0 Å². The lowest BCUT2D eigenvalue weighted by atomic mass is 9.94. The van der Waals surface area contributed by atoms with Gasteiger partial charge < -0.3 is 5.11 Å². The minimum absolute atomic E-state index is 0.0538. The molecule has 1 saturated heterocycles. The van der Waals surface area contributed by atoms with Gasteiger partial charge in [0.15, 0.2) is 0 Å². The Hall–Kier alpha value is -0.750. The van der Waals surface area contributed by atoms with Crippen LogP contribution in [0, 0.1) is 5.92 Å². The van der Waals surface area contributed by atoms with Gasteiger partial charge in [0, 0.05) is 6.54 Å². The second kappa shape index (κ2) is 8.52. The van der Waals surface area contributed by atoms with E-state index in [1.54, 1.807) is 4.90 Å². The third-order valence-electron chi connectivity index (χ3n) is 3.90. The molecule has 0 saturated carbocycles. The molecule has 2 unspecified atom stereocenters. The van der Waals surface area contributed by atoms with E-state index in [4.69, 9.17) is 0 Å². The zero-order valence-corrected chi connectivity index (χ0v) is 12.4. The number of nitrogens with zero attached hydrogens (tertiary/aromatic N) is 2. The third kappa shape index (κ3) is 5.32. The maximum atomic E-state index is 12.6. The molecular formula is C14H26F2N2O2. The molecule has 2 atom stereocenters. The summed E-state index contributed by atoms with van der Waals surface area (Å²) in [6.45, 7) is 5.30. The van der Waals surface area contributed by atoms with Crippen LogP contribution in [0.25, 0.3) is 0 Å². The first-order chi connectivity index (χ1) is 9.45. The van der Waals surface area contributed by atoms with E-state index in [1.165, 1.54) is 0 Å². The quantitative estimate of drug-likeness (QED) is 0.817. The lowest BCUT2D eigenvalue weighted by Crippen LogP contribution is -2.53. The summed E-state index contributed by atoms with van der Waals surface area (Å²) in [6.07, 6.45) is 1.02. The predicted octanol–water partition coefficient (Wildman–Crippen LogP) is 2.50. The Kier molecular flexibility index (Phi) is 7.37. The molecule has 0 bridgehead atoms. The van der Waals surface area contributed by atoms with E-state index in [1.807, 2.05) is 18.7 Å². The maximum Gasteiger partial charge on any atom is 0.321 e. The van der Waals surface area contributed by atoms with E-state index in [2.05, 4.69) is 0 Å². The zero-order chi connectivity index (χ0) is 15.1. The minimum Gasteiger partial charge on any atom is -0.480 e. The van der Waals surface area contributed by atoms with Crippen LogP contribution in [0.1, 0.15) is 39.5 Å². The van der Waals surface area contributed by atoms with Crippen LogP contribution < -0.4 is 0 Å². The van der Waals surface area contributed by atoms with Gasteiger partial charge in [-0.25, -0.2) is 8.78 Å². The molecule has 0 aromatic heterocycles. The van der Waals surface area contributed by atoms with Gasteiger partial charge in [-0.05, 0) is 31.7 Å². The van der Waals surface area contributed by atoms with Crippen LogP contribution >= 0.6 is 0 Å². The Morgan fingerprint density at radius 2 is 2.15 bits per heavy atom. The van der Waals surface area contributed by atoms with Crippen molar-refractivity contribution in [2.24, 2.45) is 5.92 Å². The number of carboxylic acids is 1. The molecule has 0 aromatic carbocycles. The molecule has 4 nitrogen and oxygen atoms in total. The average Bonchev–Trinajstić information content (AvgIpc) is 2.32. The molecule has 1 fully saturated rings. The van der Waals surface area contributed by atoms with Gasteiger partial charge in [0.2, 0.25) is 0 Å². The fourth-order valence-corrected chi connectivity index (χ4v) is 2.88. The minimum atomic E-state index is -2.37. The molecule has 0 amide bonds. The number of rotatable bonds is 6. The number of unbranched alkanes of at least 4 members (excludes halogenated alkanes) is 1. The molecule has 1 aliphatic heterocycles. The van der Waals surface area contributed by atoms with E-state index < -0.39 is 18.4 Å². The predicted molar refractivity (Wildman–Crippen MR) is 73.9 cm³/mol. The van der Waals surface area contributed by atoms with Crippen molar-refractivity contribution in [2.45, 2.75) is 52.0 Å². The molecule has 0 spiro atoms. The van der Waals surface area contributed by atoms with Crippen molar-refractivity contribution in [3.8, 4) is 0 Å². The van der Waals surface area contributed by atoms with Crippen molar-refractivity contribution >= 4 is 5.97 Å². The largest absolute Gasteiger partial charge is 0.480 e. The normalized spacial score (nSPS) is 26.4. The summed E-state index contributed by atoms with van der Waals surface area (Å²) in [5.74, 6) is -0.787. The lowest BCUT2D eigenvalue weighted by Gasteiger charge is -2.39. The number of aliphatic carboxylic acids is 1. The van der Waals surface area contributed by atoms with Crippen LogP contribution in [0.5, 0.6) is 0 Å². The lowest BCUT2D eigenvalue weighted by molar-refractivity contribution is -0.147. The van der Waals surface area contributed by atoms with E-state index in [0.29, 0.717) is 19.8 Å². The zero-order valence-electron chi connectivity index (χ0n) is 12.4. The van der Waals surface area contributed by atoms with Crippen molar-refractivity contribution in [3.63, 3.8) is 0 Å². The second-order valence-electron chi connectivity index (χ2n) is 5.68. The number of halogens is 2. The average molecular weight is 292 g/mol. The van der Waals surface area contributed by atoms with Gasteiger partial charge in [0.1, 0.15) is 6.04 Å². The Labute approximate surface area is 119 Å². The van der Waals surface area contributed by atoms with Crippen LogP contribution in [-0.4, -0.2) is 59.6 Å². The Morgan fingerprint density at radius 3 is 2.70 bits per heavy atom. The standard InChI is InChI=1S/C14H26F2N2O2/c1-3-4-8-18-10-17(9-12(15)16)7-5-6-11(2)13(18)14(19)20/h11-13H,3-10H2,1-2H3,(H,19,20). The first kappa shape index (κ1) is 17.3. The van der Waals surface area contributed by atoms with Gasteiger partial charge in [-0.1, -0.05) is 20.3 Å². The number of carboxylic acid groups (broad SMARTS) is 1. The number of alkyl halides is 2. The van der Waals surface area contributed by atoms with Gasteiger partial charge >= 0.3 is 5.97 Å². The summed E-state index contributed by atoms with van der Waals surface area (Å²) in [7, 11) is 0. The van der Waals surface area contributed by atoms with Gasteiger partial charge in [0.05, 0.1) is 13.2 Å². The molecule has 0 radical (unpaired) electrons. The number of hydrogen-bond donors (Lipinski definition) is 1.